The molecular weight excluding hydrogens is 140 g/mol. The molecule has 0 radical (unpaired) electrons. The lowest BCUT2D eigenvalue weighted by atomic mass is 9.77. The van der Waals surface area contributed by atoms with Crippen molar-refractivity contribution in [2.75, 3.05) is 0 Å². The molecule has 0 bridgehead atoms. The fraction of sp³-hybridized carbons (Fsp3) is 0.889. The van der Waals surface area contributed by atoms with Crippen LogP contribution in [-0.4, -0.2) is 16.5 Å². The van der Waals surface area contributed by atoms with Crippen LogP contribution in [0.2, 0.25) is 0 Å². The van der Waals surface area contributed by atoms with Gasteiger partial charge in [-0.1, -0.05) is 12.8 Å². The number of carbonyl (C=O) groups excluding carboxylic acids is 1. The summed E-state index contributed by atoms with van der Waals surface area (Å²) >= 11 is 0. The van der Waals surface area contributed by atoms with E-state index in [1.165, 1.54) is 6.42 Å². The largest absolute Gasteiger partial charge is 0.382 e. The van der Waals surface area contributed by atoms with Crippen molar-refractivity contribution in [3.63, 3.8) is 0 Å². The van der Waals surface area contributed by atoms with Crippen molar-refractivity contribution in [2.45, 2.75) is 44.1 Å². The van der Waals surface area contributed by atoms with Gasteiger partial charge in [0.1, 0.15) is 5.60 Å². The molecule has 2 saturated carbocycles. The standard InChI is InChI=1S/C9H14O2/c10-8-5-4-7-3-1-2-6-9(7,8)11/h7,11H,1-6H2/t7-,9+/m0/s1. The minimum atomic E-state index is -0.891. The molecule has 11 heavy (non-hydrogen) atoms. The van der Waals surface area contributed by atoms with Crippen molar-refractivity contribution in [1.29, 1.82) is 0 Å². The molecule has 0 heterocycles. The second-order valence-corrected chi connectivity index (χ2v) is 3.83. The number of rotatable bonds is 0. The molecule has 2 rings (SSSR count). The zero-order valence-electron chi connectivity index (χ0n) is 6.68. The zero-order valence-corrected chi connectivity index (χ0v) is 6.68. The third-order valence-corrected chi connectivity index (χ3v) is 3.24. The summed E-state index contributed by atoms with van der Waals surface area (Å²) in [7, 11) is 0. The van der Waals surface area contributed by atoms with Gasteiger partial charge in [0.15, 0.2) is 5.78 Å². The van der Waals surface area contributed by atoms with Crippen LogP contribution in [0.25, 0.3) is 0 Å². The normalized spacial score (nSPS) is 44.1. The van der Waals surface area contributed by atoms with E-state index in [0.717, 1.165) is 25.7 Å². The van der Waals surface area contributed by atoms with Crippen LogP contribution in [0.4, 0.5) is 0 Å². The van der Waals surface area contributed by atoms with Gasteiger partial charge in [0, 0.05) is 6.42 Å². The highest BCUT2D eigenvalue weighted by Crippen LogP contribution is 2.43. The molecule has 2 fully saturated rings. The van der Waals surface area contributed by atoms with Crippen LogP contribution in [0.3, 0.4) is 0 Å². The number of aliphatic hydroxyl groups is 1. The quantitative estimate of drug-likeness (QED) is 0.570. The molecule has 1 N–H and O–H groups in total. The molecule has 0 aromatic heterocycles. The highest BCUT2D eigenvalue weighted by Gasteiger charge is 2.48. The lowest BCUT2D eigenvalue weighted by Crippen LogP contribution is -2.42. The van der Waals surface area contributed by atoms with Gasteiger partial charge >= 0.3 is 0 Å². The fourth-order valence-corrected chi connectivity index (χ4v) is 2.50. The van der Waals surface area contributed by atoms with Crippen molar-refractivity contribution in [1.82, 2.24) is 0 Å². The van der Waals surface area contributed by atoms with E-state index in [1.807, 2.05) is 0 Å². The van der Waals surface area contributed by atoms with Gasteiger partial charge in [-0.3, -0.25) is 4.79 Å². The van der Waals surface area contributed by atoms with Crippen LogP contribution in [0.1, 0.15) is 38.5 Å². The van der Waals surface area contributed by atoms with Gasteiger partial charge in [-0.05, 0) is 25.2 Å². The number of hydrogen-bond donors (Lipinski definition) is 1. The Hall–Kier alpha value is -0.370. The molecule has 2 nitrogen and oxygen atoms in total. The zero-order chi connectivity index (χ0) is 7.90. The number of Topliss-reactive ketones (excluding diaryl/α,β-unsaturated/α-hetero) is 1. The average Bonchev–Trinajstić information content (AvgIpc) is 2.29. The highest BCUT2D eigenvalue weighted by molar-refractivity contribution is 5.89. The first-order chi connectivity index (χ1) is 5.23. The summed E-state index contributed by atoms with van der Waals surface area (Å²) in [5.74, 6) is 0.394. The third kappa shape index (κ3) is 0.924. The van der Waals surface area contributed by atoms with Crippen molar-refractivity contribution < 1.29 is 9.90 Å². The van der Waals surface area contributed by atoms with E-state index in [4.69, 9.17) is 0 Å². The second-order valence-electron chi connectivity index (χ2n) is 3.83. The van der Waals surface area contributed by atoms with E-state index in [1.54, 1.807) is 0 Å². The highest BCUT2D eigenvalue weighted by atomic mass is 16.3. The Balaban J connectivity index is 2.23. The number of ketones is 1. The van der Waals surface area contributed by atoms with E-state index >= 15 is 0 Å². The summed E-state index contributed by atoms with van der Waals surface area (Å²) in [6, 6.07) is 0. The van der Waals surface area contributed by atoms with Gasteiger partial charge in [-0.15, -0.1) is 0 Å². The first kappa shape index (κ1) is 7.29. The molecular formula is C9H14O2. The molecule has 0 unspecified atom stereocenters. The first-order valence-corrected chi connectivity index (χ1v) is 4.49. The number of hydrogen-bond acceptors (Lipinski definition) is 2. The van der Waals surface area contributed by atoms with Gasteiger partial charge in [0.2, 0.25) is 0 Å². The topological polar surface area (TPSA) is 37.3 Å². The SMILES string of the molecule is O=C1CC[C@@H]2CCCC[C@]12O. The molecule has 0 aromatic carbocycles. The van der Waals surface area contributed by atoms with Crippen molar-refractivity contribution in [3.8, 4) is 0 Å². The number of fused-ring (bicyclic) bond motifs is 1. The van der Waals surface area contributed by atoms with E-state index in [0.29, 0.717) is 12.3 Å². The van der Waals surface area contributed by atoms with Gasteiger partial charge in [0.05, 0.1) is 0 Å². The first-order valence-electron chi connectivity index (χ1n) is 4.49. The van der Waals surface area contributed by atoms with Crippen LogP contribution < -0.4 is 0 Å². The van der Waals surface area contributed by atoms with Gasteiger partial charge in [0.25, 0.3) is 0 Å². The Morgan fingerprint density at radius 2 is 2.18 bits per heavy atom. The predicted molar refractivity (Wildman–Crippen MR) is 41.1 cm³/mol. The maximum absolute atomic E-state index is 11.3. The van der Waals surface area contributed by atoms with Crippen molar-refractivity contribution in [2.24, 2.45) is 5.92 Å². The second kappa shape index (κ2) is 2.31. The molecule has 0 aromatic rings. The number of carbonyl (C=O) groups is 1. The smallest absolute Gasteiger partial charge is 0.164 e. The summed E-state index contributed by atoms with van der Waals surface area (Å²) in [6.07, 6.45) is 5.54. The molecule has 2 atom stereocenters. The summed E-state index contributed by atoms with van der Waals surface area (Å²) in [5, 5.41) is 9.93. The summed E-state index contributed by atoms with van der Waals surface area (Å²) < 4.78 is 0. The van der Waals surface area contributed by atoms with E-state index in [9.17, 15) is 9.90 Å². The molecule has 2 heteroatoms. The molecule has 0 spiro atoms. The Kier molecular flexibility index (Phi) is 1.53. The monoisotopic (exact) mass is 154 g/mol. The van der Waals surface area contributed by atoms with Crippen LogP contribution in [0.15, 0.2) is 0 Å². The van der Waals surface area contributed by atoms with Crippen LogP contribution >= 0.6 is 0 Å². The molecule has 2 aliphatic carbocycles. The lowest BCUT2D eigenvalue weighted by Gasteiger charge is -2.32. The maximum Gasteiger partial charge on any atom is 0.164 e. The summed E-state index contributed by atoms with van der Waals surface area (Å²) in [5.41, 5.74) is -0.891. The van der Waals surface area contributed by atoms with Crippen LogP contribution in [0, 0.1) is 5.92 Å². The summed E-state index contributed by atoms with van der Waals surface area (Å²) in [4.78, 5) is 11.3. The van der Waals surface area contributed by atoms with Gasteiger partial charge < -0.3 is 5.11 Å². The van der Waals surface area contributed by atoms with Crippen molar-refractivity contribution >= 4 is 5.78 Å². The van der Waals surface area contributed by atoms with Crippen molar-refractivity contribution in [3.05, 3.63) is 0 Å². The third-order valence-electron chi connectivity index (χ3n) is 3.24. The molecule has 0 aliphatic heterocycles. The van der Waals surface area contributed by atoms with E-state index < -0.39 is 5.60 Å². The lowest BCUT2D eigenvalue weighted by molar-refractivity contribution is -0.139. The van der Waals surface area contributed by atoms with E-state index in [2.05, 4.69) is 0 Å². The minimum absolute atomic E-state index is 0.0993. The Morgan fingerprint density at radius 3 is 2.91 bits per heavy atom. The molecule has 0 saturated heterocycles. The average molecular weight is 154 g/mol. The summed E-state index contributed by atoms with van der Waals surface area (Å²) in [6.45, 7) is 0. The molecule has 2 aliphatic rings. The Morgan fingerprint density at radius 1 is 1.36 bits per heavy atom. The minimum Gasteiger partial charge on any atom is -0.382 e. The Bertz CT molecular complexity index is 188. The molecule has 62 valence electrons. The van der Waals surface area contributed by atoms with Crippen LogP contribution in [0.5, 0.6) is 0 Å². The van der Waals surface area contributed by atoms with Crippen LogP contribution in [-0.2, 0) is 4.79 Å². The fourth-order valence-electron chi connectivity index (χ4n) is 2.50. The maximum atomic E-state index is 11.3. The van der Waals surface area contributed by atoms with E-state index in [-0.39, 0.29) is 5.78 Å². The Labute approximate surface area is 66.6 Å². The van der Waals surface area contributed by atoms with Gasteiger partial charge in [-0.25, -0.2) is 0 Å². The van der Waals surface area contributed by atoms with Gasteiger partial charge in [-0.2, -0.15) is 0 Å². The molecule has 0 amide bonds. The predicted octanol–water partition coefficient (Wildman–Crippen LogP) is 1.27.